The molecule has 0 heterocycles. The molecule has 0 rings (SSSR count). The second-order valence-corrected chi connectivity index (χ2v) is 4.20. The van der Waals surface area contributed by atoms with Crippen LogP contribution >= 0.6 is 0 Å². The molecule has 0 saturated heterocycles. The Bertz CT molecular complexity index is 197. The van der Waals surface area contributed by atoms with Crippen molar-refractivity contribution in [2.75, 3.05) is 20.3 Å². The number of likely N-dealkylation sites (N-methyl/N-ethyl adjacent to an activating group) is 1. The molecule has 2 N–H and O–H groups in total. The number of rotatable bonds is 8. The molecule has 0 aromatic rings. The molecular weight excluding hydrogens is 235 g/mol. The van der Waals surface area contributed by atoms with Gasteiger partial charge in [-0.25, -0.2) is 0 Å². The summed E-state index contributed by atoms with van der Waals surface area (Å²) in [6.45, 7) is 2.93. The largest absolute Gasteiger partial charge is 0.414 e. The average molecular weight is 257 g/mol. The van der Waals surface area contributed by atoms with Gasteiger partial charge in [-0.05, 0) is 33.2 Å². The van der Waals surface area contributed by atoms with E-state index in [1.807, 2.05) is 6.92 Å². The number of halogens is 3. The zero-order valence-corrected chi connectivity index (χ0v) is 10.6. The van der Waals surface area contributed by atoms with Crippen LogP contribution in [0.15, 0.2) is 0 Å². The van der Waals surface area contributed by atoms with Crippen molar-refractivity contribution in [1.29, 1.82) is 0 Å². The van der Waals surface area contributed by atoms with E-state index in [4.69, 9.17) is 4.74 Å². The van der Waals surface area contributed by atoms with Crippen LogP contribution in [0.25, 0.3) is 0 Å². The molecule has 2 unspecified atom stereocenters. The van der Waals surface area contributed by atoms with Crippen molar-refractivity contribution in [2.45, 2.75) is 50.9 Å². The molecule has 104 valence electrons. The predicted molar refractivity (Wildman–Crippen MR) is 59.9 cm³/mol. The molecule has 0 bridgehead atoms. The van der Waals surface area contributed by atoms with Crippen LogP contribution in [-0.4, -0.2) is 43.2 Å². The van der Waals surface area contributed by atoms with Crippen molar-refractivity contribution in [3.8, 4) is 0 Å². The van der Waals surface area contributed by atoms with E-state index in [-0.39, 0.29) is 13.2 Å². The Hall–Kier alpha value is -0.330. The maximum absolute atomic E-state index is 12.1. The number of alkyl halides is 3. The Morgan fingerprint density at radius 2 is 1.94 bits per heavy atom. The molecule has 0 saturated carbocycles. The van der Waals surface area contributed by atoms with Crippen molar-refractivity contribution < 1.29 is 23.0 Å². The van der Waals surface area contributed by atoms with Crippen LogP contribution in [-0.2, 0) is 4.74 Å². The van der Waals surface area contributed by atoms with Gasteiger partial charge in [0.1, 0.15) is 0 Å². The summed E-state index contributed by atoms with van der Waals surface area (Å²) in [5.74, 6) is 0. The standard InChI is InChI=1S/C11H22F3NO2/c1-4-10(8-16,15-3)6-5-7-17-9(2)11(12,13)14/h9,15-16H,4-8H2,1-3H3. The lowest BCUT2D eigenvalue weighted by molar-refractivity contribution is -0.214. The first kappa shape index (κ1) is 16.7. The van der Waals surface area contributed by atoms with Gasteiger partial charge < -0.3 is 15.2 Å². The van der Waals surface area contributed by atoms with Gasteiger partial charge in [0, 0.05) is 12.1 Å². The van der Waals surface area contributed by atoms with Crippen LogP contribution in [0.2, 0.25) is 0 Å². The quantitative estimate of drug-likeness (QED) is 0.654. The highest BCUT2D eigenvalue weighted by atomic mass is 19.4. The van der Waals surface area contributed by atoms with E-state index in [1.54, 1.807) is 7.05 Å². The molecule has 17 heavy (non-hydrogen) atoms. The van der Waals surface area contributed by atoms with Crippen LogP contribution in [0.5, 0.6) is 0 Å². The first-order valence-corrected chi connectivity index (χ1v) is 5.79. The lowest BCUT2D eigenvalue weighted by Gasteiger charge is -2.30. The van der Waals surface area contributed by atoms with Gasteiger partial charge in [0.25, 0.3) is 0 Å². The number of aliphatic hydroxyl groups excluding tert-OH is 1. The molecule has 0 aliphatic heterocycles. The number of aliphatic hydroxyl groups is 1. The smallest absolute Gasteiger partial charge is 0.394 e. The van der Waals surface area contributed by atoms with Crippen molar-refractivity contribution in [3.63, 3.8) is 0 Å². The Kier molecular flexibility index (Phi) is 7.04. The maximum atomic E-state index is 12.1. The highest BCUT2D eigenvalue weighted by molar-refractivity contribution is 4.84. The normalized spacial score (nSPS) is 17.8. The first-order valence-electron chi connectivity index (χ1n) is 5.79. The monoisotopic (exact) mass is 257 g/mol. The molecule has 0 aliphatic rings. The summed E-state index contributed by atoms with van der Waals surface area (Å²) in [6.07, 6.45) is -4.25. The van der Waals surface area contributed by atoms with E-state index < -0.39 is 17.8 Å². The third kappa shape index (κ3) is 5.70. The third-order valence-electron chi connectivity index (χ3n) is 3.14. The fourth-order valence-electron chi connectivity index (χ4n) is 1.51. The topological polar surface area (TPSA) is 41.5 Å². The molecule has 0 radical (unpaired) electrons. The van der Waals surface area contributed by atoms with E-state index in [0.717, 1.165) is 13.3 Å². The van der Waals surface area contributed by atoms with Crippen LogP contribution in [0.4, 0.5) is 13.2 Å². The minimum absolute atomic E-state index is 0.0329. The summed E-state index contributed by atoms with van der Waals surface area (Å²) < 4.78 is 41.1. The molecule has 6 heteroatoms. The summed E-state index contributed by atoms with van der Waals surface area (Å²) in [5.41, 5.74) is -0.412. The molecule has 0 aromatic heterocycles. The molecule has 0 fully saturated rings. The zero-order valence-electron chi connectivity index (χ0n) is 10.6. The van der Waals surface area contributed by atoms with E-state index in [2.05, 4.69) is 5.32 Å². The number of hydrogen-bond acceptors (Lipinski definition) is 3. The van der Waals surface area contributed by atoms with E-state index >= 15 is 0 Å². The number of ether oxygens (including phenoxy) is 1. The third-order valence-corrected chi connectivity index (χ3v) is 3.14. The Labute approximate surface area is 100 Å². The van der Waals surface area contributed by atoms with Crippen molar-refractivity contribution in [3.05, 3.63) is 0 Å². The lowest BCUT2D eigenvalue weighted by Crippen LogP contribution is -2.46. The van der Waals surface area contributed by atoms with Gasteiger partial charge in [0.2, 0.25) is 0 Å². The fraction of sp³-hybridized carbons (Fsp3) is 1.00. The Morgan fingerprint density at radius 1 is 1.35 bits per heavy atom. The Balaban J connectivity index is 3.91. The highest BCUT2D eigenvalue weighted by Crippen LogP contribution is 2.23. The van der Waals surface area contributed by atoms with Crippen molar-refractivity contribution in [2.24, 2.45) is 0 Å². The van der Waals surface area contributed by atoms with Gasteiger partial charge >= 0.3 is 6.18 Å². The average Bonchev–Trinajstić information content (AvgIpc) is 2.29. The second kappa shape index (κ2) is 7.18. The zero-order chi connectivity index (χ0) is 13.5. The number of nitrogens with one attached hydrogen (secondary N) is 1. The van der Waals surface area contributed by atoms with Gasteiger partial charge in [0.15, 0.2) is 6.10 Å². The van der Waals surface area contributed by atoms with Crippen LogP contribution in [0, 0.1) is 0 Å². The van der Waals surface area contributed by atoms with Crippen LogP contribution < -0.4 is 5.32 Å². The minimum atomic E-state index is -4.30. The fourth-order valence-corrected chi connectivity index (χ4v) is 1.51. The summed E-state index contributed by atoms with van der Waals surface area (Å²) >= 11 is 0. The minimum Gasteiger partial charge on any atom is -0.394 e. The molecule has 0 aliphatic carbocycles. The summed E-state index contributed by atoms with van der Waals surface area (Å²) in [4.78, 5) is 0. The van der Waals surface area contributed by atoms with Gasteiger partial charge in [-0.3, -0.25) is 0 Å². The molecule has 0 amide bonds. The van der Waals surface area contributed by atoms with Crippen LogP contribution in [0.3, 0.4) is 0 Å². The number of hydrogen-bond donors (Lipinski definition) is 2. The van der Waals surface area contributed by atoms with E-state index in [0.29, 0.717) is 12.8 Å². The van der Waals surface area contributed by atoms with Gasteiger partial charge in [-0.1, -0.05) is 6.92 Å². The molecule has 0 spiro atoms. The summed E-state index contributed by atoms with van der Waals surface area (Å²) in [5, 5.41) is 12.2. The highest BCUT2D eigenvalue weighted by Gasteiger charge is 2.36. The van der Waals surface area contributed by atoms with E-state index in [1.165, 1.54) is 0 Å². The summed E-state index contributed by atoms with van der Waals surface area (Å²) in [7, 11) is 1.74. The first-order chi connectivity index (χ1) is 7.81. The van der Waals surface area contributed by atoms with Crippen LogP contribution in [0.1, 0.15) is 33.1 Å². The van der Waals surface area contributed by atoms with E-state index in [9.17, 15) is 18.3 Å². The predicted octanol–water partition coefficient (Wildman–Crippen LogP) is 2.09. The SMILES string of the molecule is CCC(CO)(CCCOC(C)C(F)(F)F)NC. The molecule has 3 nitrogen and oxygen atoms in total. The van der Waals surface area contributed by atoms with Gasteiger partial charge in [-0.15, -0.1) is 0 Å². The van der Waals surface area contributed by atoms with Crippen molar-refractivity contribution in [1.82, 2.24) is 5.32 Å². The molecular formula is C11H22F3NO2. The second-order valence-electron chi connectivity index (χ2n) is 4.20. The summed E-state index contributed by atoms with van der Waals surface area (Å²) in [6, 6.07) is 0. The molecule has 0 aromatic carbocycles. The maximum Gasteiger partial charge on any atom is 0.414 e. The van der Waals surface area contributed by atoms with Crippen molar-refractivity contribution >= 4 is 0 Å². The lowest BCUT2D eigenvalue weighted by atomic mass is 9.92. The van der Waals surface area contributed by atoms with Gasteiger partial charge in [-0.2, -0.15) is 13.2 Å². The Morgan fingerprint density at radius 3 is 2.29 bits per heavy atom. The molecule has 2 atom stereocenters. The van der Waals surface area contributed by atoms with Gasteiger partial charge in [0.05, 0.1) is 6.61 Å².